The highest BCUT2D eigenvalue weighted by molar-refractivity contribution is 7.99. The summed E-state index contributed by atoms with van der Waals surface area (Å²) in [7, 11) is 0. The van der Waals surface area contributed by atoms with Gasteiger partial charge in [-0.2, -0.15) is 11.8 Å². The van der Waals surface area contributed by atoms with Gasteiger partial charge in [0.15, 0.2) is 0 Å². The molecule has 1 fully saturated rings. The Bertz CT molecular complexity index is 272. The summed E-state index contributed by atoms with van der Waals surface area (Å²) in [6.07, 6.45) is 6.41. The molecule has 0 saturated heterocycles. The first-order valence-electron chi connectivity index (χ1n) is 7.21. The lowest BCUT2D eigenvalue weighted by Crippen LogP contribution is -2.54. The Morgan fingerprint density at radius 3 is 2.68 bits per heavy atom. The maximum atomic E-state index is 12.1. The molecule has 0 aliphatic heterocycles. The van der Waals surface area contributed by atoms with Crippen LogP contribution in [0.4, 0.5) is 0 Å². The molecule has 1 amide bonds. The van der Waals surface area contributed by atoms with Crippen LogP contribution in [0.25, 0.3) is 0 Å². The molecule has 19 heavy (non-hydrogen) atoms. The second kappa shape index (κ2) is 9.09. The van der Waals surface area contributed by atoms with Crippen molar-refractivity contribution in [1.82, 2.24) is 5.32 Å². The van der Waals surface area contributed by atoms with Gasteiger partial charge < -0.3 is 11.1 Å². The largest absolute Gasteiger partial charge is 0.352 e. The number of hydrogen-bond donors (Lipinski definition) is 2. The summed E-state index contributed by atoms with van der Waals surface area (Å²) in [4.78, 5) is 12.1. The van der Waals surface area contributed by atoms with Crippen LogP contribution in [0.15, 0.2) is 0 Å². The number of hydrogen-bond acceptors (Lipinski definition) is 3. The van der Waals surface area contributed by atoms with E-state index in [2.05, 4.69) is 19.2 Å². The van der Waals surface area contributed by atoms with Gasteiger partial charge in [-0.3, -0.25) is 4.79 Å². The number of carbonyl (C=O) groups is 1. The van der Waals surface area contributed by atoms with E-state index in [1.807, 2.05) is 18.7 Å². The lowest BCUT2D eigenvalue weighted by molar-refractivity contribution is -0.127. The number of rotatable bonds is 6. The first-order valence-corrected chi connectivity index (χ1v) is 8.26. The quantitative estimate of drug-likeness (QED) is 0.792. The van der Waals surface area contributed by atoms with Gasteiger partial charge in [0.1, 0.15) is 0 Å². The van der Waals surface area contributed by atoms with E-state index in [0.29, 0.717) is 11.3 Å². The SMILES string of the molecule is CCCC(C)(N)C(=O)NC1CCCC(SCC)C1.Cl. The first-order chi connectivity index (χ1) is 8.49. The molecule has 0 heterocycles. The lowest BCUT2D eigenvalue weighted by atomic mass is 9.92. The molecular formula is C14H29ClN2OS. The van der Waals surface area contributed by atoms with Gasteiger partial charge in [-0.25, -0.2) is 0 Å². The van der Waals surface area contributed by atoms with Crippen LogP contribution >= 0.6 is 24.2 Å². The molecule has 114 valence electrons. The van der Waals surface area contributed by atoms with Gasteiger partial charge in [0.25, 0.3) is 0 Å². The number of amides is 1. The summed E-state index contributed by atoms with van der Waals surface area (Å²) < 4.78 is 0. The van der Waals surface area contributed by atoms with E-state index in [1.54, 1.807) is 0 Å². The molecule has 1 aliphatic rings. The van der Waals surface area contributed by atoms with Crippen LogP contribution in [0, 0.1) is 0 Å². The smallest absolute Gasteiger partial charge is 0.240 e. The maximum absolute atomic E-state index is 12.1. The Balaban J connectivity index is 0.00000324. The van der Waals surface area contributed by atoms with E-state index >= 15 is 0 Å². The van der Waals surface area contributed by atoms with Gasteiger partial charge in [0.05, 0.1) is 5.54 Å². The topological polar surface area (TPSA) is 55.1 Å². The van der Waals surface area contributed by atoms with E-state index in [1.165, 1.54) is 12.8 Å². The monoisotopic (exact) mass is 308 g/mol. The van der Waals surface area contributed by atoms with E-state index in [0.717, 1.165) is 31.4 Å². The zero-order valence-corrected chi connectivity index (χ0v) is 14.0. The van der Waals surface area contributed by atoms with Gasteiger partial charge in [-0.1, -0.05) is 26.7 Å². The molecule has 1 aliphatic carbocycles. The van der Waals surface area contributed by atoms with E-state index < -0.39 is 5.54 Å². The van der Waals surface area contributed by atoms with Crippen LogP contribution in [0.2, 0.25) is 0 Å². The number of halogens is 1. The number of carbonyl (C=O) groups excluding carboxylic acids is 1. The van der Waals surface area contributed by atoms with E-state index in [9.17, 15) is 4.79 Å². The van der Waals surface area contributed by atoms with E-state index in [4.69, 9.17) is 5.73 Å². The number of nitrogens with two attached hydrogens (primary N) is 1. The van der Waals surface area contributed by atoms with Gasteiger partial charge in [-0.05, 0) is 38.4 Å². The molecule has 1 rings (SSSR count). The minimum atomic E-state index is -0.709. The van der Waals surface area contributed by atoms with Gasteiger partial charge in [-0.15, -0.1) is 12.4 Å². The molecule has 3 N–H and O–H groups in total. The Morgan fingerprint density at radius 1 is 1.42 bits per heavy atom. The normalized spacial score (nSPS) is 26.1. The zero-order valence-electron chi connectivity index (χ0n) is 12.4. The van der Waals surface area contributed by atoms with Crippen molar-refractivity contribution in [3.05, 3.63) is 0 Å². The summed E-state index contributed by atoms with van der Waals surface area (Å²) in [5.41, 5.74) is 5.36. The van der Waals surface area contributed by atoms with Gasteiger partial charge in [0, 0.05) is 11.3 Å². The summed E-state index contributed by atoms with van der Waals surface area (Å²) in [5, 5.41) is 3.87. The Morgan fingerprint density at radius 2 is 2.11 bits per heavy atom. The summed E-state index contributed by atoms with van der Waals surface area (Å²) in [6.45, 7) is 6.10. The Hall–Kier alpha value is 0.0700. The maximum Gasteiger partial charge on any atom is 0.240 e. The van der Waals surface area contributed by atoms with Crippen molar-refractivity contribution in [2.45, 2.75) is 76.1 Å². The van der Waals surface area contributed by atoms with E-state index in [-0.39, 0.29) is 18.3 Å². The van der Waals surface area contributed by atoms with Crippen LogP contribution in [0.3, 0.4) is 0 Å². The molecule has 1 saturated carbocycles. The van der Waals surface area contributed by atoms with Crippen LogP contribution in [0.5, 0.6) is 0 Å². The fourth-order valence-corrected chi connectivity index (χ4v) is 3.82. The van der Waals surface area contributed by atoms with Crippen LogP contribution in [-0.4, -0.2) is 28.5 Å². The Kier molecular flexibility index (Phi) is 9.12. The third-order valence-corrected chi connectivity index (χ3v) is 4.88. The number of thioether (sulfide) groups is 1. The Labute approximate surface area is 128 Å². The molecule has 0 bridgehead atoms. The van der Waals surface area contributed by atoms with Crippen LogP contribution in [0.1, 0.15) is 59.3 Å². The van der Waals surface area contributed by atoms with Crippen molar-refractivity contribution in [2.75, 3.05) is 5.75 Å². The average Bonchev–Trinajstić information content (AvgIpc) is 2.29. The van der Waals surface area contributed by atoms with Crippen molar-refractivity contribution < 1.29 is 4.79 Å². The summed E-state index contributed by atoms with van der Waals surface area (Å²) in [6, 6.07) is 0.329. The van der Waals surface area contributed by atoms with Crippen molar-refractivity contribution in [1.29, 1.82) is 0 Å². The van der Waals surface area contributed by atoms with Gasteiger partial charge >= 0.3 is 0 Å². The summed E-state index contributed by atoms with van der Waals surface area (Å²) in [5.74, 6) is 1.19. The minimum absolute atomic E-state index is 0. The molecule has 5 heteroatoms. The third kappa shape index (κ3) is 6.37. The molecule has 3 nitrogen and oxygen atoms in total. The van der Waals surface area contributed by atoms with Crippen molar-refractivity contribution in [3.8, 4) is 0 Å². The molecular weight excluding hydrogens is 280 g/mol. The highest BCUT2D eigenvalue weighted by Gasteiger charge is 2.30. The standard InChI is InChI=1S/C14H28N2OS.ClH/c1-4-9-14(3,15)13(17)16-11-7-6-8-12(10-11)18-5-2;/h11-12H,4-10,15H2,1-3H3,(H,16,17);1H. The molecule has 0 radical (unpaired) electrons. The van der Waals surface area contributed by atoms with Gasteiger partial charge in [0.2, 0.25) is 5.91 Å². The fourth-order valence-electron chi connectivity index (χ4n) is 2.65. The third-order valence-electron chi connectivity index (χ3n) is 3.65. The van der Waals surface area contributed by atoms with Crippen LogP contribution < -0.4 is 11.1 Å². The summed E-state index contributed by atoms with van der Waals surface area (Å²) >= 11 is 2.02. The highest BCUT2D eigenvalue weighted by atomic mass is 35.5. The molecule has 0 aromatic heterocycles. The first kappa shape index (κ1) is 19.1. The minimum Gasteiger partial charge on any atom is -0.352 e. The fraction of sp³-hybridized carbons (Fsp3) is 0.929. The molecule has 0 spiro atoms. The lowest BCUT2D eigenvalue weighted by Gasteiger charge is -2.32. The average molecular weight is 309 g/mol. The van der Waals surface area contributed by atoms with Crippen molar-refractivity contribution in [3.63, 3.8) is 0 Å². The number of nitrogens with one attached hydrogen (secondary N) is 1. The molecule has 0 aromatic carbocycles. The van der Waals surface area contributed by atoms with Crippen LogP contribution in [-0.2, 0) is 4.79 Å². The molecule has 3 unspecified atom stereocenters. The highest BCUT2D eigenvalue weighted by Crippen LogP contribution is 2.28. The van der Waals surface area contributed by atoms with Crippen molar-refractivity contribution in [2.24, 2.45) is 5.73 Å². The second-order valence-corrected chi connectivity index (χ2v) is 7.16. The predicted octanol–water partition coefficient (Wildman–Crippen LogP) is 3.11. The second-order valence-electron chi connectivity index (χ2n) is 5.58. The predicted molar refractivity (Wildman–Crippen MR) is 87.1 cm³/mol. The molecule has 3 atom stereocenters. The van der Waals surface area contributed by atoms with Crippen molar-refractivity contribution >= 4 is 30.1 Å². The molecule has 0 aromatic rings. The zero-order chi connectivity index (χ0) is 13.6.